The van der Waals surface area contributed by atoms with E-state index in [0.29, 0.717) is 24.2 Å². The Kier molecular flexibility index (Phi) is 5.83. The fourth-order valence-electron chi connectivity index (χ4n) is 2.49. The second-order valence-corrected chi connectivity index (χ2v) is 5.82. The van der Waals surface area contributed by atoms with Crippen LogP contribution < -0.4 is 15.4 Å². The lowest BCUT2D eigenvalue weighted by Crippen LogP contribution is -2.13. The maximum atomic E-state index is 13.4. The van der Waals surface area contributed by atoms with E-state index < -0.39 is 17.6 Å². The second kappa shape index (κ2) is 8.48. The van der Waals surface area contributed by atoms with E-state index in [4.69, 9.17) is 10.00 Å². The van der Waals surface area contributed by atoms with Crippen LogP contribution in [0.1, 0.15) is 18.1 Å². The van der Waals surface area contributed by atoms with Crippen molar-refractivity contribution in [3.05, 3.63) is 65.9 Å². The van der Waals surface area contributed by atoms with Gasteiger partial charge in [0.25, 0.3) is 0 Å². The van der Waals surface area contributed by atoms with Crippen molar-refractivity contribution in [3.8, 4) is 11.8 Å². The van der Waals surface area contributed by atoms with Crippen molar-refractivity contribution >= 4 is 23.1 Å². The molecule has 0 saturated heterocycles. The van der Waals surface area contributed by atoms with Crippen LogP contribution in [0.3, 0.4) is 0 Å². The lowest BCUT2D eigenvalue weighted by molar-refractivity contribution is -0.137. The predicted molar refractivity (Wildman–Crippen MR) is 102 cm³/mol. The average molecular weight is 399 g/mol. The van der Waals surface area contributed by atoms with Crippen LogP contribution in [0.5, 0.6) is 5.75 Å². The summed E-state index contributed by atoms with van der Waals surface area (Å²) >= 11 is 0. The summed E-state index contributed by atoms with van der Waals surface area (Å²) in [6.45, 7) is 2.38. The fourth-order valence-corrected chi connectivity index (χ4v) is 2.49. The SMILES string of the molecule is CCOc1ccc(Nc2ncc(C(F)(F)F)c(Nc3ccccc3C#N)n2)cc1. The zero-order chi connectivity index (χ0) is 20.9. The number of rotatable bonds is 6. The summed E-state index contributed by atoms with van der Waals surface area (Å²) in [5.74, 6) is 0.185. The summed E-state index contributed by atoms with van der Waals surface area (Å²) in [6.07, 6.45) is -3.97. The van der Waals surface area contributed by atoms with E-state index in [-0.39, 0.29) is 17.2 Å². The molecule has 148 valence electrons. The van der Waals surface area contributed by atoms with Gasteiger partial charge in [-0.05, 0) is 43.3 Å². The van der Waals surface area contributed by atoms with E-state index in [1.165, 1.54) is 12.1 Å². The number of ether oxygens (including phenoxy) is 1. The number of benzene rings is 2. The Bertz CT molecular complexity index is 1030. The largest absolute Gasteiger partial charge is 0.494 e. The van der Waals surface area contributed by atoms with Crippen LogP contribution in [-0.4, -0.2) is 16.6 Å². The molecule has 0 bridgehead atoms. The molecule has 0 aliphatic carbocycles. The van der Waals surface area contributed by atoms with Gasteiger partial charge >= 0.3 is 6.18 Å². The van der Waals surface area contributed by atoms with Crippen LogP contribution in [0.15, 0.2) is 54.7 Å². The highest BCUT2D eigenvalue weighted by molar-refractivity contribution is 5.67. The van der Waals surface area contributed by atoms with Gasteiger partial charge in [-0.1, -0.05) is 12.1 Å². The van der Waals surface area contributed by atoms with Crippen molar-refractivity contribution in [2.45, 2.75) is 13.1 Å². The first-order valence-electron chi connectivity index (χ1n) is 8.61. The molecule has 0 aliphatic heterocycles. The molecule has 0 unspecified atom stereocenters. The van der Waals surface area contributed by atoms with Crippen LogP contribution in [0.2, 0.25) is 0 Å². The minimum absolute atomic E-state index is 0.0286. The molecular weight excluding hydrogens is 383 g/mol. The lowest BCUT2D eigenvalue weighted by atomic mass is 10.2. The maximum absolute atomic E-state index is 13.4. The van der Waals surface area contributed by atoms with Gasteiger partial charge in [0.1, 0.15) is 23.2 Å². The third-order valence-corrected chi connectivity index (χ3v) is 3.82. The Morgan fingerprint density at radius 3 is 2.45 bits per heavy atom. The number of nitriles is 1. The van der Waals surface area contributed by atoms with Gasteiger partial charge in [-0.15, -0.1) is 0 Å². The summed E-state index contributed by atoms with van der Waals surface area (Å²) in [5.41, 5.74) is -0.0504. The van der Waals surface area contributed by atoms with Crippen molar-refractivity contribution < 1.29 is 17.9 Å². The van der Waals surface area contributed by atoms with Crippen LogP contribution in [0.25, 0.3) is 0 Å². The van der Waals surface area contributed by atoms with Gasteiger partial charge in [-0.2, -0.15) is 23.4 Å². The zero-order valence-electron chi connectivity index (χ0n) is 15.3. The van der Waals surface area contributed by atoms with Gasteiger partial charge in [0.15, 0.2) is 0 Å². The zero-order valence-corrected chi connectivity index (χ0v) is 15.3. The number of hydrogen-bond donors (Lipinski definition) is 2. The highest BCUT2D eigenvalue weighted by Crippen LogP contribution is 2.35. The highest BCUT2D eigenvalue weighted by atomic mass is 19.4. The number of aromatic nitrogens is 2. The van der Waals surface area contributed by atoms with Crippen molar-refractivity contribution in [1.29, 1.82) is 5.26 Å². The topological polar surface area (TPSA) is 82.9 Å². The smallest absolute Gasteiger partial charge is 0.421 e. The normalized spacial score (nSPS) is 10.9. The summed E-state index contributed by atoms with van der Waals surface area (Å²) in [6, 6.07) is 15.0. The van der Waals surface area contributed by atoms with Crippen molar-refractivity contribution in [3.63, 3.8) is 0 Å². The monoisotopic (exact) mass is 399 g/mol. The Hall–Kier alpha value is -3.80. The van der Waals surface area contributed by atoms with E-state index in [1.54, 1.807) is 36.4 Å². The number of hydrogen-bond acceptors (Lipinski definition) is 6. The Morgan fingerprint density at radius 1 is 1.07 bits per heavy atom. The summed E-state index contributed by atoms with van der Waals surface area (Å²) in [7, 11) is 0. The van der Waals surface area contributed by atoms with Gasteiger partial charge in [-0.25, -0.2) is 4.98 Å². The number of para-hydroxylation sites is 1. The average Bonchev–Trinajstić information content (AvgIpc) is 2.69. The fraction of sp³-hybridized carbons (Fsp3) is 0.150. The van der Waals surface area contributed by atoms with Crippen molar-refractivity contribution in [2.24, 2.45) is 0 Å². The second-order valence-electron chi connectivity index (χ2n) is 5.82. The molecule has 6 nitrogen and oxygen atoms in total. The molecule has 0 atom stereocenters. The lowest BCUT2D eigenvalue weighted by Gasteiger charge is -2.15. The van der Waals surface area contributed by atoms with Crippen molar-refractivity contribution in [2.75, 3.05) is 17.2 Å². The van der Waals surface area contributed by atoms with E-state index in [1.807, 2.05) is 13.0 Å². The third kappa shape index (κ3) is 4.93. The number of anilines is 4. The van der Waals surface area contributed by atoms with Gasteiger partial charge in [-0.3, -0.25) is 0 Å². The summed E-state index contributed by atoms with van der Waals surface area (Å²) in [4.78, 5) is 7.74. The predicted octanol–water partition coefficient (Wildman–Crippen LogP) is 5.25. The Labute approximate surface area is 165 Å². The molecule has 0 aliphatic rings. The molecule has 2 N–H and O–H groups in total. The molecule has 29 heavy (non-hydrogen) atoms. The molecule has 0 fully saturated rings. The Balaban J connectivity index is 1.92. The molecule has 3 aromatic rings. The molecule has 0 saturated carbocycles. The molecule has 2 aromatic carbocycles. The van der Waals surface area contributed by atoms with Gasteiger partial charge in [0, 0.05) is 11.9 Å². The number of nitrogens with zero attached hydrogens (tertiary/aromatic N) is 3. The van der Waals surface area contributed by atoms with Crippen molar-refractivity contribution in [1.82, 2.24) is 9.97 Å². The van der Waals surface area contributed by atoms with Crippen LogP contribution in [0.4, 0.5) is 36.3 Å². The van der Waals surface area contributed by atoms with Gasteiger partial charge < -0.3 is 15.4 Å². The molecular formula is C20H16F3N5O. The first kappa shape index (κ1) is 19.9. The molecule has 3 rings (SSSR count). The van der Waals surface area contributed by atoms with Crippen LogP contribution >= 0.6 is 0 Å². The molecule has 1 heterocycles. The molecule has 0 spiro atoms. The van der Waals surface area contributed by atoms with E-state index in [2.05, 4.69) is 20.6 Å². The third-order valence-electron chi connectivity index (χ3n) is 3.82. The summed E-state index contributed by atoms with van der Waals surface area (Å²) < 4.78 is 45.5. The number of alkyl halides is 3. The summed E-state index contributed by atoms with van der Waals surface area (Å²) in [5, 5.41) is 14.6. The first-order valence-corrected chi connectivity index (χ1v) is 8.61. The molecule has 9 heteroatoms. The first-order chi connectivity index (χ1) is 13.9. The molecule has 1 aromatic heterocycles. The highest BCUT2D eigenvalue weighted by Gasteiger charge is 2.35. The van der Waals surface area contributed by atoms with Gasteiger partial charge in [0.2, 0.25) is 5.95 Å². The van der Waals surface area contributed by atoms with E-state index in [9.17, 15) is 13.2 Å². The minimum atomic E-state index is -4.67. The standard InChI is InChI=1S/C20H16F3N5O/c1-2-29-15-9-7-14(8-10-15)26-19-25-12-16(20(21,22)23)18(28-19)27-17-6-4-3-5-13(17)11-24/h3-10,12H,2H2,1H3,(H2,25,26,27,28). The number of nitrogens with one attached hydrogen (secondary N) is 2. The maximum Gasteiger partial charge on any atom is 0.421 e. The Morgan fingerprint density at radius 2 is 1.79 bits per heavy atom. The minimum Gasteiger partial charge on any atom is -0.494 e. The van der Waals surface area contributed by atoms with Gasteiger partial charge in [0.05, 0.1) is 17.9 Å². The van der Waals surface area contributed by atoms with Crippen LogP contribution in [-0.2, 0) is 6.18 Å². The molecule has 0 radical (unpaired) electrons. The number of halogens is 3. The van der Waals surface area contributed by atoms with E-state index in [0.717, 1.165) is 0 Å². The quantitative estimate of drug-likeness (QED) is 0.589. The van der Waals surface area contributed by atoms with E-state index >= 15 is 0 Å². The van der Waals surface area contributed by atoms with Crippen LogP contribution in [0, 0.1) is 11.3 Å². The molecule has 0 amide bonds.